The van der Waals surface area contributed by atoms with Gasteiger partial charge in [-0.05, 0) is 33.6 Å². The maximum Gasteiger partial charge on any atom is 0.224 e. The van der Waals surface area contributed by atoms with Crippen LogP contribution in [0.15, 0.2) is 18.5 Å². The molecule has 6 heteroatoms. The molecular weight excluding hydrogens is 266 g/mol. The minimum atomic E-state index is 0.312. The number of anilines is 1. The molecule has 1 aliphatic rings. The summed E-state index contributed by atoms with van der Waals surface area (Å²) in [4.78, 5) is 9.05. The first kappa shape index (κ1) is 13.9. The van der Waals surface area contributed by atoms with Crippen molar-refractivity contribution in [1.82, 2.24) is 19.7 Å². The van der Waals surface area contributed by atoms with E-state index in [-0.39, 0.29) is 0 Å². The van der Waals surface area contributed by atoms with E-state index in [4.69, 9.17) is 4.74 Å². The summed E-state index contributed by atoms with van der Waals surface area (Å²) in [5.74, 6) is 3.46. The molecule has 1 aliphatic carbocycles. The van der Waals surface area contributed by atoms with Gasteiger partial charge in [-0.2, -0.15) is 10.1 Å². The second-order valence-corrected chi connectivity index (χ2v) is 5.61. The van der Waals surface area contributed by atoms with Crippen LogP contribution in [0.5, 0.6) is 11.6 Å². The number of hydrogen-bond acceptors (Lipinski definition) is 5. The monoisotopic (exact) mass is 287 g/mol. The predicted molar refractivity (Wildman–Crippen MR) is 80.9 cm³/mol. The van der Waals surface area contributed by atoms with E-state index in [1.807, 2.05) is 23.9 Å². The second kappa shape index (κ2) is 5.71. The predicted octanol–water partition coefficient (Wildman–Crippen LogP) is 3.36. The number of aromatic nitrogens is 4. The molecule has 0 aromatic carbocycles. The van der Waals surface area contributed by atoms with Gasteiger partial charge in [0.2, 0.25) is 5.88 Å². The topological polar surface area (TPSA) is 64.9 Å². The average molecular weight is 287 g/mol. The summed E-state index contributed by atoms with van der Waals surface area (Å²) in [6, 6.07) is 2.15. The number of nitrogens with zero attached hydrogens (tertiary/aromatic N) is 4. The lowest BCUT2D eigenvalue weighted by Crippen LogP contribution is -2.04. The molecule has 2 heterocycles. The molecule has 0 aliphatic heterocycles. The molecule has 0 saturated heterocycles. The van der Waals surface area contributed by atoms with Crippen LogP contribution in [0, 0.1) is 0 Å². The summed E-state index contributed by atoms with van der Waals surface area (Å²) in [5, 5.41) is 7.50. The highest BCUT2D eigenvalue weighted by atomic mass is 16.5. The van der Waals surface area contributed by atoms with Gasteiger partial charge in [0.25, 0.3) is 0 Å². The Hall–Kier alpha value is -2.11. The molecule has 1 N–H and O–H groups in total. The molecule has 3 rings (SSSR count). The fraction of sp³-hybridized carbons (Fsp3) is 0.533. The third-order valence-corrected chi connectivity index (χ3v) is 3.35. The quantitative estimate of drug-likeness (QED) is 0.882. The Morgan fingerprint density at radius 2 is 2.19 bits per heavy atom. The molecule has 0 spiro atoms. The lowest BCUT2D eigenvalue weighted by atomic mass is 10.4. The van der Waals surface area contributed by atoms with Crippen molar-refractivity contribution in [3.63, 3.8) is 0 Å². The zero-order valence-corrected chi connectivity index (χ0v) is 12.7. The van der Waals surface area contributed by atoms with Crippen molar-refractivity contribution in [2.45, 2.75) is 45.6 Å². The highest BCUT2D eigenvalue weighted by Crippen LogP contribution is 2.39. The van der Waals surface area contributed by atoms with Gasteiger partial charge >= 0.3 is 0 Å². The van der Waals surface area contributed by atoms with E-state index < -0.39 is 0 Å². The van der Waals surface area contributed by atoms with Crippen LogP contribution in [0.3, 0.4) is 0 Å². The van der Waals surface area contributed by atoms with E-state index in [1.165, 1.54) is 12.8 Å². The van der Waals surface area contributed by atoms with Crippen molar-refractivity contribution in [2.24, 2.45) is 0 Å². The van der Waals surface area contributed by atoms with Crippen molar-refractivity contribution in [1.29, 1.82) is 0 Å². The van der Waals surface area contributed by atoms with Gasteiger partial charge in [0, 0.05) is 24.6 Å². The van der Waals surface area contributed by atoms with Crippen LogP contribution < -0.4 is 10.1 Å². The molecular formula is C15H21N5O. The third-order valence-electron chi connectivity index (χ3n) is 3.35. The zero-order valence-electron chi connectivity index (χ0n) is 12.7. The highest BCUT2D eigenvalue weighted by Gasteiger charge is 2.27. The van der Waals surface area contributed by atoms with Crippen molar-refractivity contribution >= 4 is 5.82 Å². The fourth-order valence-corrected chi connectivity index (χ4v) is 2.07. The number of ether oxygens (including phenoxy) is 1. The molecule has 21 heavy (non-hydrogen) atoms. The normalized spacial score (nSPS) is 14.5. The minimum Gasteiger partial charge on any atom is -0.436 e. The minimum absolute atomic E-state index is 0.312. The van der Waals surface area contributed by atoms with Crippen LogP contribution in [0.2, 0.25) is 0 Å². The fourth-order valence-electron chi connectivity index (χ4n) is 2.07. The van der Waals surface area contributed by atoms with Crippen LogP contribution in [0.4, 0.5) is 5.82 Å². The van der Waals surface area contributed by atoms with Crippen molar-refractivity contribution in [3.8, 4) is 11.6 Å². The molecule has 1 fully saturated rings. The summed E-state index contributed by atoms with van der Waals surface area (Å²) in [6.45, 7) is 7.03. The zero-order chi connectivity index (χ0) is 14.8. The Balaban J connectivity index is 1.82. The summed E-state index contributed by atoms with van der Waals surface area (Å²) >= 11 is 0. The number of nitrogens with one attached hydrogen (secondary N) is 1. The Bertz CT molecular complexity index is 618. The molecule has 2 aromatic heterocycles. The van der Waals surface area contributed by atoms with Gasteiger partial charge < -0.3 is 10.1 Å². The smallest absolute Gasteiger partial charge is 0.224 e. The Morgan fingerprint density at radius 1 is 1.38 bits per heavy atom. The number of hydrogen-bond donors (Lipinski definition) is 1. The van der Waals surface area contributed by atoms with Crippen molar-refractivity contribution in [3.05, 3.63) is 24.3 Å². The van der Waals surface area contributed by atoms with Crippen molar-refractivity contribution in [2.75, 3.05) is 11.9 Å². The molecule has 1 saturated carbocycles. The molecule has 112 valence electrons. The van der Waals surface area contributed by atoms with E-state index in [1.54, 1.807) is 6.20 Å². The summed E-state index contributed by atoms with van der Waals surface area (Å²) in [7, 11) is 0. The Labute approximate surface area is 124 Å². The molecule has 0 atom stereocenters. The van der Waals surface area contributed by atoms with Gasteiger partial charge in [0.05, 0.1) is 12.4 Å². The summed E-state index contributed by atoms with van der Waals surface area (Å²) in [5.41, 5.74) is 0. The highest BCUT2D eigenvalue weighted by molar-refractivity contribution is 5.40. The first-order valence-corrected chi connectivity index (χ1v) is 7.50. The van der Waals surface area contributed by atoms with Gasteiger partial charge in [0.1, 0.15) is 11.6 Å². The van der Waals surface area contributed by atoms with Gasteiger partial charge in [-0.15, -0.1) is 0 Å². The first-order valence-electron chi connectivity index (χ1n) is 7.50. The molecule has 0 unspecified atom stereocenters. The maximum absolute atomic E-state index is 5.84. The molecule has 2 aromatic rings. The Kier molecular flexibility index (Phi) is 3.77. The van der Waals surface area contributed by atoms with Gasteiger partial charge in [-0.3, -0.25) is 4.68 Å². The van der Waals surface area contributed by atoms with Crippen molar-refractivity contribution < 1.29 is 4.74 Å². The summed E-state index contributed by atoms with van der Waals surface area (Å²) < 4.78 is 7.70. The molecule has 6 nitrogen and oxygen atoms in total. The second-order valence-electron chi connectivity index (χ2n) is 5.61. The molecule has 0 amide bonds. The van der Waals surface area contributed by atoms with Gasteiger partial charge in [-0.1, -0.05) is 0 Å². The molecule has 0 bridgehead atoms. The Morgan fingerprint density at radius 3 is 2.81 bits per heavy atom. The van der Waals surface area contributed by atoms with Crippen LogP contribution in [0.25, 0.3) is 0 Å². The largest absolute Gasteiger partial charge is 0.436 e. The van der Waals surface area contributed by atoms with E-state index >= 15 is 0 Å². The van der Waals surface area contributed by atoms with Crippen LogP contribution in [-0.2, 0) is 0 Å². The van der Waals surface area contributed by atoms with Gasteiger partial charge in [0.15, 0.2) is 5.75 Å². The lowest BCUT2D eigenvalue weighted by molar-refractivity contribution is 0.455. The molecule has 0 radical (unpaired) electrons. The van der Waals surface area contributed by atoms with Crippen LogP contribution in [-0.4, -0.2) is 26.3 Å². The lowest BCUT2D eigenvalue weighted by Gasteiger charge is -2.08. The average Bonchev–Trinajstić information content (AvgIpc) is 3.19. The van der Waals surface area contributed by atoms with Gasteiger partial charge in [-0.25, -0.2) is 4.98 Å². The maximum atomic E-state index is 5.84. The van der Waals surface area contributed by atoms with E-state index in [0.717, 1.165) is 18.2 Å². The SMILES string of the molecule is CCNc1cc(Oc2cnn(C(C)C)c2)nc(C2CC2)n1. The van der Waals surface area contributed by atoms with Crippen LogP contribution in [0.1, 0.15) is 51.4 Å². The van der Waals surface area contributed by atoms with E-state index in [2.05, 4.69) is 34.2 Å². The first-order chi connectivity index (χ1) is 10.2. The number of rotatable bonds is 6. The van der Waals surface area contributed by atoms with E-state index in [0.29, 0.717) is 23.6 Å². The van der Waals surface area contributed by atoms with Crippen LogP contribution >= 0.6 is 0 Å². The summed E-state index contributed by atoms with van der Waals surface area (Å²) in [6.07, 6.45) is 5.93. The standard InChI is InChI=1S/C15H21N5O/c1-4-16-13-7-14(19-15(18-13)11-5-6-11)21-12-8-17-20(9-12)10(2)3/h7-11H,4-6H2,1-3H3,(H,16,18,19). The van der Waals surface area contributed by atoms with E-state index in [9.17, 15) is 0 Å². The third kappa shape index (κ3) is 3.32.